The fraction of sp³-hybridized carbons (Fsp3) is 0.429. The van der Waals surface area contributed by atoms with E-state index in [9.17, 15) is 0 Å². The van der Waals surface area contributed by atoms with Crippen molar-refractivity contribution >= 4 is 0 Å². The average Bonchev–Trinajstić information content (AvgIpc) is 2.68. The van der Waals surface area contributed by atoms with E-state index in [1.54, 1.807) is 0 Å². The Bertz CT molecular complexity index is 178. The Morgan fingerprint density at radius 2 is 0.714 bits per heavy atom. The van der Waals surface area contributed by atoms with Crippen LogP contribution in [-0.2, 0) is 0 Å². The van der Waals surface area contributed by atoms with Gasteiger partial charge in [0.1, 0.15) is 0 Å². The van der Waals surface area contributed by atoms with E-state index in [1.807, 2.05) is 0 Å². The van der Waals surface area contributed by atoms with Crippen molar-refractivity contribution in [2.24, 2.45) is 0 Å². The summed E-state index contributed by atoms with van der Waals surface area (Å²) in [6.07, 6.45) is 25.0. The minimum Gasteiger partial charge on any atom is -0.0845 e. The third-order valence-corrected chi connectivity index (χ3v) is 2.25. The van der Waals surface area contributed by atoms with Gasteiger partial charge < -0.3 is 0 Å². The van der Waals surface area contributed by atoms with Crippen LogP contribution >= 0.6 is 0 Å². The summed E-state index contributed by atoms with van der Waals surface area (Å²) in [6.45, 7) is 0. The summed E-state index contributed by atoms with van der Waals surface area (Å²) in [5, 5.41) is 0. The highest BCUT2D eigenvalue weighted by atomic mass is 13.9. The van der Waals surface area contributed by atoms with Crippen molar-refractivity contribution < 1.29 is 0 Å². The molecule has 0 heterocycles. The van der Waals surface area contributed by atoms with Crippen molar-refractivity contribution in [3.63, 3.8) is 0 Å². The zero-order chi connectivity index (χ0) is 9.90. The van der Waals surface area contributed by atoms with E-state index < -0.39 is 0 Å². The highest BCUT2D eigenvalue weighted by Crippen LogP contribution is 2.02. The molecule has 76 valence electrons. The zero-order valence-electron chi connectivity index (χ0n) is 8.86. The minimum atomic E-state index is 1.26. The van der Waals surface area contributed by atoms with Gasteiger partial charge in [-0.1, -0.05) is 48.6 Å². The largest absolute Gasteiger partial charge is 0.0845 e. The van der Waals surface area contributed by atoms with Crippen LogP contribution in [0.2, 0.25) is 0 Å². The zero-order valence-corrected chi connectivity index (χ0v) is 8.86. The van der Waals surface area contributed by atoms with Crippen molar-refractivity contribution in [3.8, 4) is 0 Å². The summed E-state index contributed by atoms with van der Waals surface area (Å²) in [7, 11) is 0. The van der Waals surface area contributed by atoms with E-state index in [2.05, 4.69) is 48.6 Å². The lowest BCUT2D eigenvalue weighted by molar-refractivity contribution is 0.876. The van der Waals surface area contributed by atoms with Crippen LogP contribution in [0, 0.1) is 0 Å². The number of hydrogen-bond donors (Lipinski definition) is 0. The average molecular weight is 188 g/mol. The number of allylic oxidation sites excluding steroid dienone is 8. The Hall–Kier alpha value is -1.04. The van der Waals surface area contributed by atoms with Crippen molar-refractivity contribution in [2.45, 2.75) is 38.5 Å². The van der Waals surface area contributed by atoms with E-state index in [-0.39, 0.29) is 0 Å². The lowest BCUT2D eigenvalue weighted by atomic mass is 10.2. The van der Waals surface area contributed by atoms with Crippen molar-refractivity contribution in [1.82, 2.24) is 0 Å². The fourth-order valence-corrected chi connectivity index (χ4v) is 1.41. The second kappa shape index (κ2) is 8.55. The van der Waals surface area contributed by atoms with Gasteiger partial charge in [-0.2, -0.15) is 0 Å². The van der Waals surface area contributed by atoms with Gasteiger partial charge in [-0.05, 0) is 38.5 Å². The van der Waals surface area contributed by atoms with Gasteiger partial charge in [0.15, 0.2) is 0 Å². The summed E-state index contributed by atoms with van der Waals surface area (Å²) in [5.41, 5.74) is 0. The standard InChI is InChI=1S/2C7H10/c2*1-2-4-6-7-5-3-1/h2*1-4H,5-7H2. The number of hydrogen-bond acceptors (Lipinski definition) is 0. The summed E-state index contributed by atoms with van der Waals surface area (Å²) in [6, 6.07) is 0. The lowest BCUT2D eigenvalue weighted by Gasteiger charge is -1.81. The molecule has 0 saturated heterocycles. The molecule has 0 heteroatoms. The van der Waals surface area contributed by atoms with E-state index in [4.69, 9.17) is 0 Å². The second-order valence-corrected chi connectivity index (χ2v) is 3.57. The Balaban J connectivity index is 0.000000140. The highest BCUT2D eigenvalue weighted by molar-refractivity contribution is 5.05. The molecule has 0 aromatic rings. The van der Waals surface area contributed by atoms with E-state index >= 15 is 0 Å². The van der Waals surface area contributed by atoms with Gasteiger partial charge in [0.2, 0.25) is 0 Å². The SMILES string of the molecule is C1=CCCCC=C1.C1=CCCCC=C1. The third-order valence-electron chi connectivity index (χ3n) is 2.25. The van der Waals surface area contributed by atoms with Crippen LogP contribution in [-0.4, -0.2) is 0 Å². The normalized spacial score (nSPS) is 19.4. The van der Waals surface area contributed by atoms with Crippen molar-refractivity contribution in [2.75, 3.05) is 0 Å². The van der Waals surface area contributed by atoms with E-state index in [0.717, 1.165) is 0 Å². The van der Waals surface area contributed by atoms with Crippen LogP contribution in [0.3, 0.4) is 0 Å². The maximum Gasteiger partial charge on any atom is -0.0345 e. The molecule has 0 unspecified atom stereocenters. The first kappa shape index (κ1) is 11.0. The first-order valence-electron chi connectivity index (χ1n) is 5.63. The topological polar surface area (TPSA) is 0 Å². The molecule has 0 saturated carbocycles. The highest BCUT2D eigenvalue weighted by Gasteiger charge is 1.82. The molecule has 0 amide bonds. The maximum atomic E-state index is 2.21. The molecule has 2 aliphatic carbocycles. The Kier molecular flexibility index (Phi) is 6.74. The molecule has 14 heavy (non-hydrogen) atoms. The maximum absolute atomic E-state index is 2.21. The first-order chi connectivity index (χ1) is 7.00. The molecular weight excluding hydrogens is 168 g/mol. The monoisotopic (exact) mass is 188 g/mol. The second-order valence-electron chi connectivity index (χ2n) is 3.57. The van der Waals surface area contributed by atoms with Crippen LogP contribution in [0.5, 0.6) is 0 Å². The molecule has 2 rings (SSSR count). The molecule has 0 bridgehead atoms. The summed E-state index contributed by atoms with van der Waals surface area (Å²) in [4.78, 5) is 0. The van der Waals surface area contributed by atoms with Crippen LogP contribution in [0.15, 0.2) is 48.6 Å². The van der Waals surface area contributed by atoms with E-state index in [0.29, 0.717) is 0 Å². The molecule has 0 aromatic heterocycles. The molecule has 0 N–H and O–H groups in total. The van der Waals surface area contributed by atoms with Gasteiger partial charge in [-0.3, -0.25) is 0 Å². The van der Waals surface area contributed by atoms with Crippen LogP contribution in [0.1, 0.15) is 38.5 Å². The molecule has 2 aliphatic rings. The third kappa shape index (κ3) is 6.47. The van der Waals surface area contributed by atoms with Gasteiger partial charge in [0.05, 0.1) is 0 Å². The molecular formula is C14H20. The Labute approximate surface area is 87.7 Å². The van der Waals surface area contributed by atoms with Gasteiger partial charge in [0.25, 0.3) is 0 Å². The summed E-state index contributed by atoms with van der Waals surface area (Å²) < 4.78 is 0. The van der Waals surface area contributed by atoms with Gasteiger partial charge in [0, 0.05) is 0 Å². The van der Waals surface area contributed by atoms with Gasteiger partial charge in [-0.15, -0.1) is 0 Å². The predicted molar refractivity (Wildman–Crippen MR) is 64.3 cm³/mol. The molecule has 0 nitrogen and oxygen atoms in total. The lowest BCUT2D eigenvalue weighted by Crippen LogP contribution is -1.62. The minimum absolute atomic E-state index is 1.26. The Morgan fingerprint density at radius 3 is 1.00 bits per heavy atom. The molecule has 0 aromatic carbocycles. The van der Waals surface area contributed by atoms with Gasteiger partial charge >= 0.3 is 0 Å². The summed E-state index contributed by atoms with van der Waals surface area (Å²) in [5.74, 6) is 0. The smallest absolute Gasteiger partial charge is 0.0345 e. The molecule has 0 atom stereocenters. The van der Waals surface area contributed by atoms with Crippen molar-refractivity contribution in [3.05, 3.63) is 48.6 Å². The van der Waals surface area contributed by atoms with Crippen LogP contribution in [0.4, 0.5) is 0 Å². The molecule has 0 aliphatic heterocycles. The first-order valence-corrected chi connectivity index (χ1v) is 5.63. The van der Waals surface area contributed by atoms with Crippen LogP contribution < -0.4 is 0 Å². The fourth-order valence-electron chi connectivity index (χ4n) is 1.41. The molecule has 0 fully saturated rings. The van der Waals surface area contributed by atoms with Crippen LogP contribution in [0.25, 0.3) is 0 Å². The Morgan fingerprint density at radius 1 is 0.429 bits per heavy atom. The van der Waals surface area contributed by atoms with Gasteiger partial charge in [-0.25, -0.2) is 0 Å². The molecule has 0 radical (unpaired) electrons. The quantitative estimate of drug-likeness (QED) is 0.522. The number of rotatable bonds is 0. The van der Waals surface area contributed by atoms with E-state index in [1.165, 1.54) is 38.5 Å². The molecule has 0 spiro atoms. The summed E-state index contributed by atoms with van der Waals surface area (Å²) >= 11 is 0. The van der Waals surface area contributed by atoms with Crippen molar-refractivity contribution in [1.29, 1.82) is 0 Å². The predicted octanol–water partition coefficient (Wildman–Crippen LogP) is 4.57.